The number of hydrogen-bond donors (Lipinski definition) is 1. The van der Waals surface area contributed by atoms with Gasteiger partial charge < -0.3 is 0 Å². The quantitative estimate of drug-likeness (QED) is 0.548. The van der Waals surface area contributed by atoms with E-state index in [1.807, 2.05) is 12.1 Å². The molecular formula is C17H10O4S. The van der Waals surface area contributed by atoms with Crippen LogP contribution in [0.2, 0.25) is 0 Å². The van der Waals surface area contributed by atoms with Crippen LogP contribution in [0.15, 0.2) is 59.5 Å². The number of carbonyl (C=O) groups excluding carboxylic acids is 1. The Labute approximate surface area is 126 Å². The minimum absolute atomic E-state index is 0.138. The normalized spacial score (nSPS) is 13.2. The molecule has 0 saturated carbocycles. The molecule has 0 atom stereocenters. The summed E-state index contributed by atoms with van der Waals surface area (Å²) in [5.41, 5.74) is 2.63. The highest BCUT2D eigenvalue weighted by molar-refractivity contribution is 7.86. The van der Waals surface area contributed by atoms with E-state index in [4.69, 9.17) is 0 Å². The Balaban J connectivity index is 2.25. The summed E-state index contributed by atoms with van der Waals surface area (Å²) in [4.78, 5) is 12.5. The third-order valence-corrected chi connectivity index (χ3v) is 4.90. The Bertz CT molecular complexity index is 1070. The number of hydrogen-bond acceptors (Lipinski definition) is 3. The third kappa shape index (κ3) is 1.66. The largest absolute Gasteiger partial charge is 0.295 e. The predicted octanol–water partition coefficient (Wildman–Crippen LogP) is 3.30. The summed E-state index contributed by atoms with van der Waals surface area (Å²) in [5.74, 6) is -0.138. The van der Waals surface area contributed by atoms with Gasteiger partial charge in [0.15, 0.2) is 5.78 Å². The second-order valence-electron chi connectivity index (χ2n) is 5.19. The Kier molecular flexibility index (Phi) is 2.55. The molecule has 108 valence electrons. The number of carbonyl (C=O) groups is 1. The Morgan fingerprint density at radius 1 is 0.727 bits per heavy atom. The molecule has 0 fully saturated rings. The topological polar surface area (TPSA) is 71.4 Å². The summed E-state index contributed by atoms with van der Waals surface area (Å²) >= 11 is 0. The van der Waals surface area contributed by atoms with Gasteiger partial charge >= 0.3 is 0 Å². The first-order valence-corrected chi connectivity index (χ1v) is 8.10. The van der Waals surface area contributed by atoms with Gasteiger partial charge in [-0.2, -0.15) is 8.42 Å². The van der Waals surface area contributed by atoms with Crippen molar-refractivity contribution < 1.29 is 17.8 Å². The number of fused-ring (bicyclic) bond motifs is 2. The molecular weight excluding hydrogens is 300 g/mol. The first-order valence-electron chi connectivity index (χ1n) is 6.66. The van der Waals surface area contributed by atoms with Gasteiger partial charge in [-0.25, -0.2) is 0 Å². The Morgan fingerprint density at radius 2 is 1.41 bits per heavy atom. The molecule has 0 heterocycles. The van der Waals surface area contributed by atoms with Gasteiger partial charge in [-0.05, 0) is 17.2 Å². The fraction of sp³-hybridized carbons (Fsp3) is 0. The van der Waals surface area contributed by atoms with E-state index in [2.05, 4.69) is 0 Å². The van der Waals surface area contributed by atoms with Crippen molar-refractivity contribution in [3.8, 4) is 11.1 Å². The zero-order valence-electron chi connectivity index (χ0n) is 11.3. The molecule has 1 aliphatic carbocycles. The van der Waals surface area contributed by atoms with Gasteiger partial charge in [0.2, 0.25) is 0 Å². The van der Waals surface area contributed by atoms with Gasteiger partial charge in [0.05, 0.1) is 0 Å². The minimum atomic E-state index is -4.35. The molecule has 3 aromatic carbocycles. The van der Waals surface area contributed by atoms with Gasteiger partial charge in [-0.15, -0.1) is 0 Å². The van der Waals surface area contributed by atoms with Crippen LogP contribution in [0.4, 0.5) is 0 Å². The molecule has 0 spiro atoms. The maximum absolute atomic E-state index is 12.6. The summed E-state index contributed by atoms with van der Waals surface area (Å²) in [6, 6.07) is 15.2. The molecule has 0 bridgehead atoms. The molecule has 1 N–H and O–H groups in total. The number of rotatable bonds is 1. The maximum atomic E-state index is 12.6. The van der Waals surface area contributed by atoms with Crippen molar-refractivity contribution in [2.75, 3.05) is 0 Å². The van der Waals surface area contributed by atoms with Crippen LogP contribution in [-0.4, -0.2) is 18.8 Å². The Morgan fingerprint density at radius 3 is 2.14 bits per heavy atom. The monoisotopic (exact) mass is 310 g/mol. The summed E-state index contributed by atoms with van der Waals surface area (Å²) in [6.07, 6.45) is 0. The second kappa shape index (κ2) is 4.25. The molecule has 0 saturated heterocycles. The lowest BCUT2D eigenvalue weighted by Gasteiger charge is -2.20. The van der Waals surface area contributed by atoms with Gasteiger partial charge in [0, 0.05) is 21.9 Å². The molecule has 0 amide bonds. The first-order chi connectivity index (χ1) is 10.5. The van der Waals surface area contributed by atoms with E-state index < -0.39 is 10.1 Å². The van der Waals surface area contributed by atoms with E-state index in [0.717, 1.165) is 11.1 Å². The minimum Gasteiger partial charge on any atom is -0.289 e. The van der Waals surface area contributed by atoms with E-state index >= 15 is 0 Å². The lowest BCUT2D eigenvalue weighted by Crippen LogP contribution is -2.11. The van der Waals surface area contributed by atoms with Crippen LogP contribution in [-0.2, 0) is 10.1 Å². The van der Waals surface area contributed by atoms with Crippen LogP contribution in [0.5, 0.6) is 0 Å². The van der Waals surface area contributed by atoms with Crippen LogP contribution in [0.25, 0.3) is 21.9 Å². The highest BCUT2D eigenvalue weighted by Crippen LogP contribution is 2.41. The number of ketones is 1. The van der Waals surface area contributed by atoms with Crippen molar-refractivity contribution in [3.63, 3.8) is 0 Å². The Hall–Kier alpha value is -2.50. The van der Waals surface area contributed by atoms with Crippen molar-refractivity contribution >= 4 is 26.7 Å². The molecule has 4 nitrogen and oxygen atoms in total. The molecule has 0 radical (unpaired) electrons. The van der Waals surface area contributed by atoms with E-state index in [1.165, 1.54) is 6.07 Å². The van der Waals surface area contributed by atoms with Gasteiger partial charge in [0.25, 0.3) is 10.1 Å². The standard InChI is InChI=1S/C17H10O4S/c18-17-12-5-2-1-4-10(12)11-8-9-15(22(19,20)21)13-6-3-7-14(17)16(11)13/h1-9H,(H,19,20,21). The van der Waals surface area contributed by atoms with Crippen LogP contribution < -0.4 is 0 Å². The van der Waals surface area contributed by atoms with Crippen LogP contribution >= 0.6 is 0 Å². The molecule has 5 heteroatoms. The fourth-order valence-electron chi connectivity index (χ4n) is 3.08. The van der Waals surface area contributed by atoms with Gasteiger partial charge in [-0.3, -0.25) is 9.35 Å². The smallest absolute Gasteiger partial charge is 0.289 e. The predicted molar refractivity (Wildman–Crippen MR) is 82.6 cm³/mol. The molecule has 0 aromatic heterocycles. The highest BCUT2D eigenvalue weighted by atomic mass is 32.2. The van der Waals surface area contributed by atoms with E-state index in [1.54, 1.807) is 36.4 Å². The molecule has 22 heavy (non-hydrogen) atoms. The van der Waals surface area contributed by atoms with Crippen LogP contribution in [0.1, 0.15) is 15.9 Å². The summed E-state index contributed by atoms with van der Waals surface area (Å²) < 4.78 is 32.6. The SMILES string of the molecule is O=C1c2ccccc2-c2ccc(S(=O)(=O)O)c3cccc1c23. The average molecular weight is 310 g/mol. The number of benzene rings is 3. The zero-order valence-corrected chi connectivity index (χ0v) is 12.1. The molecule has 1 aliphatic rings. The highest BCUT2D eigenvalue weighted by Gasteiger charge is 2.27. The second-order valence-corrected chi connectivity index (χ2v) is 6.58. The van der Waals surface area contributed by atoms with Crippen molar-refractivity contribution in [2.24, 2.45) is 0 Å². The molecule has 4 rings (SSSR count). The summed E-state index contributed by atoms with van der Waals surface area (Å²) in [5, 5.41) is 0.932. The first kappa shape index (κ1) is 13.2. The third-order valence-electron chi connectivity index (χ3n) is 3.99. The van der Waals surface area contributed by atoms with E-state index in [9.17, 15) is 17.8 Å². The van der Waals surface area contributed by atoms with Gasteiger partial charge in [-0.1, -0.05) is 48.5 Å². The van der Waals surface area contributed by atoms with Crippen molar-refractivity contribution in [1.29, 1.82) is 0 Å². The molecule has 0 unspecified atom stereocenters. The summed E-state index contributed by atoms with van der Waals surface area (Å²) in [6.45, 7) is 0. The summed E-state index contributed by atoms with van der Waals surface area (Å²) in [7, 11) is -4.35. The average Bonchev–Trinajstić information content (AvgIpc) is 2.51. The zero-order chi connectivity index (χ0) is 15.5. The lowest BCUT2D eigenvalue weighted by molar-refractivity contribution is 0.104. The van der Waals surface area contributed by atoms with E-state index in [-0.39, 0.29) is 10.7 Å². The molecule has 0 aliphatic heterocycles. The fourth-order valence-corrected chi connectivity index (χ4v) is 3.77. The van der Waals surface area contributed by atoms with Gasteiger partial charge in [0.1, 0.15) is 4.90 Å². The van der Waals surface area contributed by atoms with Crippen LogP contribution in [0.3, 0.4) is 0 Å². The van der Waals surface area contributed by atoms with Crippen molar-refractivity contribution in [3.05, 3.63) is 65.7 Å². The maximum Gasteiger partial charge on any atom is 0.295 e. The van der Waals surface area contributed by atoms with E-state index in [0.29, 0.717) is 21.9 Å². The van der Waals surface area contributed by atoms with Crippen LogP contribution in [0, 0.1) is 0 Å². The van der Waals surface area contributed by atoms with Crippen molar-refractivity contribution in [2.45, 2.75) is 4.90 Å². The lowest BCUT2D eigenvalue weighted by atomic mass is 9.83. The molecule has 3 aromatic rings. The van der Waals surface area contributed by atoms with Crippen molar-refractivity contribution in [1.82, 2.24) is 0 Å².